The maximum absolute atomic E-state index is 5.94. The standard InChI is InChI=1S/C9H12ClN5O/c1-3-4-7-12-13-9(10)15(7)5-8-11-6(2)14-16-8/h3-5H2,1-2H3. The second-order valence-corrected chi connectivity index (χ2v) is 3.79. The van der Waals surface area contributed by atoms with Crippen molar-refractivity contribution in [2.45, 2.75) is 33.2 Å². The van der Waals surface area contributed by atoms with Gasteiger partial charge in [0.1, 0.15) is 12.4 Å². The minimum Gasteiger partial charge on any atom is -0.337 e. The molecule has 0 bridgehead atoms. The monoisotopic (exact) mass is 241 g/mol. The quantitative estimate of drug-likeness (QED) is 0.814. The Labute approximate surface area is 97.6 Å². The van der Waals surface area contributed by atoms with Crippen molar-refractivity contribution in [1.29, 1.82) is 0 Å². The first-order valence-electron chi connectivity index (χ1n) is 5.07. The van der Waals surface area contributed by atoms with E-state index in [1.807, 2.05) is 0 Å². The fraction of sp³-hybridized carbons (Fsp3) is 0.556. The van der Waals surface area contributed by atoms with E-state index >= 15 is 0 Å². The van der Waals surface area contributed by atoms with Crippen LogP contribution in [0.1, 0.15) is 30.9 Å². The van der Waals surface area contributed by atoms with Crippen molar-refractivity contribution in [3.05, 3.63) is 22.8 Å². The molecule has 2 aromatic heterocycles. The Morgan fingerprint density at radius 1 is 1.38 bits per heavy atom. The minimum atomic E-state index is 0.347. The summed E-state index contributed by atoms with van der Waals surface area (Å²) in [6.45, 7) is 4.26. The lowest BCUT2D eigenvalue weighted by molar-refractivity contribution is 0.366. The van der Waals surface area contributed by atoms with Crippen LogP contribution in [0, 0.1) is 6.92 Å². The summed E-state index contributed by atoms with van der Waals surface area (Å²) in [5, 5.41) is 11.9. The van der Waals surface area contributed by atoms with Crippen LogP contribution < -0.4 is 0 Å². The third-order valence-electron chi connectivity index (χ3n) is 2.12. The lowest BCUT2D eigenvalue weighted by Gasteiger charge is -2.02. The Bertz CT molecular complexity index is 478. The van der Waals surface area contributed by atoms with Gasteiger partial charge in [-0.3, -0.25) is 4.57 Å². The lowest BCUT2D eigenvalue weighted by Crippen LogP contribution is -2.05. The summed E-state index contributed by atoms with van der Waals surface area (Å²) in [4.78, 5) is 4.12. The van der Waals surface area contributed by atoms with Gasteiger partial charge in [0.05, 0.1) is 0 Å². The van der Waals surface area contributed by atoms with Gasteiger partial charge in [-0.15, -0.1) is 10.2 Å². The molecule has 86 valence electrons. The Morgan fingerprint density at radius 3 is 2.81 bits per heavy atom. The molecule has 0 radical (unpaired) electrons. The zero-order valence-electron chi connectivity index (χ0n) is 9.14. The predicted molar refractivity (Wildman–Crippen MR) is 57.2 cm³/mol. The van der Waals surface area contributed by atoms with E-state index in [2.05, 4.69) is 27.3 Å². The van der Waals surface area contributed by atoms with Crippen molar-refractivity contribution >= 4 is 11.6 Å². The van der Waals surface area contributed by atoms with Crippen molar-refractivity contribution in [1.82, 2.24) is 24.9 Å². The number of nitrogens with zero attached hydrogens (tertiary/aromatic N) is 5. The molecule has 0 N–H and O–H groups in total. The van der Waals surface area contributed by atoms with Crippen LogP contribution in [0.3, 0.4) is 0 Å². The molecule has 2 aromatic rings. The third kappa shape index (κ3) is 2.21. The maximum Gasteiger partial charge on any atom is 0.246 e. The van der Waals surface area contributed by atoms with E-state index in [4.69, 9.17) is 16.1 Å². The molecule has 0 unspecified atom stereocenters. The number of hydrogen-bond donors (Lipinski definition) is 0. The van der Waals surface area contributed by atoms with Crippen LogP contribution >= 0.6 is 11.6 Å². The zero-order valence-corrected chi connectivity index (χ0v) is 9.90. The first kappa shape index (κ1) is 11.1. The highest BCUT2D eigenvalue weighted by Crippen LogP contribution is 2.12. The molecule has 0 atom stereocenters. The number of halogens is 1. The third-order valence-corrected chi connectivity index (χ3v) is 2.40. The topological polar surface area (TPSA) is 69.6 Å². The minimum absolute atomic E-state index is 0.347. The smallest absolute Gasteiger partial charge is 0.246 e. The van der Waals surface area contributed by atoms with Crippen molar-refractivity contribution < 1.29 is 4.52 Å². The molecule has 7 heteroatoms. The van der Waals surface area contributed by atoms with Crippen LogP contribution in [0.4, 0.5) is 0 Å². The molecule has 0 amide bonds. The summed E-state index contributed by atoms with van der Waals surface area (Å²) in [5.74, 6) is 1.95. The van der Waals surface area contributed by atoms with Crippen molar-refractivity contribution in [3.8, 4) is 0 Å². The molecule has 0 saturated carbocycles. The molecular weight excluding hydrogens is 230 g/mol. The molecule has 0 aliphatic heterocycles. The van der Waals surface area contributed by atoms with Crippen LogP contribution in [0.15, 0.2) is 4.52 Å². The van der Waals surface area contributed by atoms with E-state index in [1.54, 1.807) is 11.5 Å². The molecule has 0 aromatic carbocycles. The number of aromatic nitrogens is 5. The SMILES string of the molecule is CCCc1nnc(Cl)n1Cc1nc(C)no1. The predicted octanol–water partition coefficient (Wildman–Crippen LogP) is 1.62. The molecular formula is C9H12ClN5O. The van der Waals surface area contributed by atoms with Crippen molar-refractivity contribution in [2.75, 3.05) is 0 Å². The van der Waals surface area contributed by atoms with Gasteiger partial charge < -0.3 is 4.52 Å². The normalized spacial score (nSPS) is 10.9. The van der Waals surface area contributed by atoms with Crippen molar-refractivity contribution in [3.63, 3.8) is 0 Å². The van der Waals surface area contributed by atoms with E-state index in [0.29, 0.717) is 23.5 Å². The van der Waals surface area contributed by atoms with E-state index in [9.17, 15) is 0 Å². The van der Waals surface area contributed by atoms with Crippen LogP contribution in [0.2, 0.25) is 5.28 Å². The van der Waals surface area contributed by atoms with Gasteiger partial charge in [0.2, 0.25) is 11.2 Å². The van der Waals surface area contributed by atoms with E-state index in [1.165, 1.54) is 0 Å². The molecule has 6 nitrogen and oxygen atoms in total. The fourth-order valence-corrected chi connectivity index (χ4v) is 1.61. The van der Waals surface area contributed by atoms with Crippen LogP contribution in [0.5, 0.6) is 0 Å². The summed E-state index contributed by atoms with van der Waals surface area (Å²) in [7, 11) is 0. The summed E-state index contributed by atoms with van der Waals surface area (Å²) >= 11 is 5.94. The highest BCUT2D eigenvalue weighted by atomic mass is 35.5. The van der Waals surface area contributed by atoms with Gasteiger partial charge in [-0.2, -0.15) is 4.98 Å². The molecule has 2 rings (SSSR count). The van der Waals surface area contributed by atoms with Crippen molar-refractivity contribution in [2.24, 2.45) is 0 Å². The second-order valence-electron chi connectivity index (χ2n) is 3.46. The molecule has 0 aliphatic rings. The summed E-state index contributed by atoms with van der Waals surface area (Å²) in [6, 6.07) is 0. The number of aryl methyl sites for hydroxylation is 2. The van der Waals surface area contributed by atoms with Gasteiger partial charge in [-0.1, -0.05) is 12.1 Å². The van der Waals surface area contributed by atoms with Gasteiger partial charge in [-0.25, -0.2) is 0 Å². The Balaban J connectivity index is 2.22. The average Bonchev–Trinajstić information content (AvgIpc) is 2.79. The molecule has 0 spiro atoms. The molecule has 0 aliphatic carbocycles. The summed E-state index contributed by atoms with van der Waals surface area (Å²) in [6.07, 6.45) is 1.81. The Hall–Kier alpha value is -1.43. The summed E-state index contributed by atoms with van der Waals surface area (Å²) < 4.78 is 6.81. The van der Waals surface area contributed by atoms with Gasteiger partial charge in [0.25, 0.3) is 0 Å². The van der Waals surface area contributed by atoms with Gasteiger partial charge in [0.15, 0.2) is 5.82 Å². The van der Waals surface area contributed by atoms with Gasteiger partial charge in [0, 0.05) is 6.42 Å². The van der Waals surface area contributed by atoms with Gasteiger partial charge in [-0.05, 0) is 24.9 Å². The summed E-state index contributed by atoms with van der Waals surface area (Å²) in [5.41, 5.74) is 0. The zero-order chi connectivity index (χ0) is 11.5. The molecule has 0 saturated heterocycles. The van der Waals surface area contributed by atoms with Crippen LogP contribution in [-0.4, -0.2) is 24.9 Å². The Kier molecular flexibility index (Phi) is 3.19. The second kappa shape index (κ2) is 4.61. The maximum atomic E-state index is 5.94. The first-order chi connectivity index (χ1) is 7.70. The lowest BCUT2D eigenvalue weighted by atomic mass is 10.3. The number of rotatable bonds is 4. The van der Waals surface area contributed by atoms with Crippen LogP contribution in [0.25, 0.3) is 0 Å². The average molecular weight is 242 g/mol. The first-order valence-corrected chi connectivity index (χ1v) is 5.45. The highest BCUT2D eigenvalue weighted by Gasteiger charge is 2.12. The van der Waals surface area contributed by atoms with Gasteiger partial charge >= 0.3 is 0 Å². The Morgan fingerprint density at radius 2 is 2.19 bits per heavy atom. The van der Waals surface area contributed by atoms with E-state index in [0.717, 1.165) is 18.7 Å². The molecule has 0 fully saturated rings. The highest BCUT2D eigenvalue weighted by molar-refractivity contribution is 6.28. The molecule has 16 heavy (non-hydrogen) atoms. The van der Waals surface area contributed by atoms with E-state index < -0.39 is 0 Å². The fourth-order valence-electron chi connectivity index (χ4n) is 1.42. The number of hydrogen-bond acceptors (Lipinski definition) is 5. The van der Waals surface area contributed by atoms with Crippen LogP contribution in [-0.2, 0) is 13.0 Å². The largest absolute Gasteiger partial charge is 0.337 e. The van der Waals surface area contributed by atoms with E-state index in [-0.39, 0.29) is 0 Å². The molecule has 2 heterocycles.